The first-order valence-electron chi connectivity index (χ1n) is 12.2. The Hall–Kier alpha value is -2.43. The number of carbonyl (C=O) groups is 1. The summed E-state index contributed by atoms with van der Waals surface area (Å²) in [5.41, 5.74) is 2.01. The van der Waals surface area contributed by atoms with Crippen LogP contribution in [0, 0.1) is 18.7 Å². The number of hydrogen-bond donors (Lipinski definition) is 3. The van der Waals surface area contributed by atoms with Crippen LogP contribution >= 0.6 is 22.1 Å². The largest absolute Gasteiger partial charge is 0.477 e. The lowest BCUT2D eigenvalue weighted by atomic mass is 9.83. The molecule has 6 nitrogen and oxygen atoms in total. The highest BCUT2D eigenvalue weighted by Crippen LogP contribution is 2.60. The van der Waals surface area contributed by atoms with Crippen LogP contribution in [0.1, 0.15) is 47.3 Å². The zero-order valence-corrected chi connectivity index (χ0v) is 22.0. The van der Waals surface area contributed by atoms with Gasteiger partial charge in [-0.1, -0.05) is 37.5 Å². The van der Waals surface area contributed by atoms with Crippen molar-refractivity contribution in [2.45, 2.75) is 50.0 Å². The number of aromatic carboxylic acids is 1. The minimum absolute atomic E-state index is 0.128. The van der Waals surface area contributed by atoms with Gasteiger partial charge in [0.05, 0.1) is 10.6 Å². The third-order valence-corrected chi connectivity index (χ3v) is 10.8. The van der Waals surface area contributed by atoms with Gasteiger partial charge in [-0.25, -0.2) is 9.18 Å². The summed E-state index contributed by atoms with van der Waals surface area (Å²) in [4.78, 5) is 14.4. The minimum atomic E-state index is -3.45. The summed E-state index contributed by atoms with van der Waals surface area (Å²) in [7, 11) is -1.69. The van der Waals surface area contributed by atoms with Gasteiger partial charge in [0, 0.05) is 41.8 Å². The second kappa shape index (κ2) is 9.79. The van der Waals surface area contributed by atoms with Crippen molar-refractivity contribution in [3.63, 3.8) is 0 Å². The third kappa shape index (κ3) is 4.43. The number of thiophene rings is 1. The van der Waals surface area contributed by atoms with Crippen molar-refractivity contribution in [3.05, 3.63) is 64.8 Å². The van der Waals surface area contributed by atoms with Crippen LogP contribution in [0.25, 0.3) is 10.4 Å². The van der Waals surface area contributed by atoms with Crippen LogP contribution in [0.3, 0.4) is 0 Å². The van der Waals surface area contributed by atoms with E-state index in [4.69, 9.17) is 0 Å². The molecule has 1 aliphatic heterocycles. The Morgan fingerprint density at radius 3 is 2.42 bits per heavy atom. The second-order valence-electron chi connectivity index (χ2n) is 9.70. The van der Waals surface area contributed by atoms with Gasteiger partial charge in [0.15, 0.2) is 0 Å². The topological polar surface area (TPSA) is 84.2 Å². The maximum absolute atomic E-state index is 15.7. The summed E-state index contributed by atoms with van der Waals surface area (Å²) in [6.45, 7) is 2.19. The van der Waals surface area contributed by atoms with Crippen LogP contribution < -0.4 is 4.90 Å². The van der Waals surface area contributed by atoms with Crippen LogP contribution in [0.4, 0.5) is 15.8 Å². The molecule has 0 radical (unpaired) electrons. The number of likely N-dealkylation sites (N-methyl/N-ethyl adjacent to an activating group) is 1. The van der Waals surface area contributed by atoms with E-state index in [9.17, 15) is 19.0 Å². The van der Waals surface area contributed by atoms with Gasteiger partial charge in [-0.3, -0.25) is 9.11 Å². The molecule has 0 spiro atoms. The summed E-state index contributed by atoms with van der Waals surface area (Å²) in [5.74, 6) is -1.28. The van der Waals surface area contributed by atoms with E-state index in [1.807, 2.05) is 35.2 Å². The summed E-state index contributed by atoms with van der Waals surface area (Å²) in [6, 6.07) is 14.1. The molecule has 3 aromatic rings. The smallest absolute Gasteiger partial charge is 0.346 e. The Labute approximate surface area is 216 Å². The number of aryl methyl sites for hydroxylation is 1. The number of fused-ring (bicyclic) bond motifs is 1. The molecular formula is C27H31FN2O4S2. The number of anilines is 2. The van der Waals surface area contributed by atoms with Gasteiger partial charge >= 0.3 is 5.97 Å². The van der Waals surface area contributed by atoms with E-state index < -0.39 is 22.6 Å². The quantitative estimate of drug-likeness (QED) is 0.322. The lowest BCUT2D eigenvalue weighted by molar-refractivity contribution is 0.0701. The van der Waals surface area contributed by atoms with E-state index in [0.717, 1.165) is 42.7 Å². The number of nitrogens with zero attached hydrogens (tertiary/aromatic N) is 2. The highest BCUT2D eigenvalue weighted by molar-refractivity contribution is 8.22. The predicted octanol–water partition coefficient (Wildman–Crippen LogP) is 7.62. The van der Waals surface area contributed by atoms with Crippen LogP contribution in [0.15, 0.2) is 53.4 Å². The highest BCUT2D eigenvalue weighted by Gasteiger charge is 2.41. The van der Waals surface area contributed by atoms with E-state index >= 15 is 4.39 Å². The van der Waals surface area contributed by atoms with Gasteiger partial charge in [-0.05, 0) is 55.5 Å². The zero-order valence-electron chi connectivity index (χ0n) is 20.4. The molecular weight excluding hydrogens is 499 g/mol. The summed E-state index contributed by atoms with van der Waals surface area (Å²) < 4.78 is 40.7. The van der Waals surface area contributed by atoms with Gasteiger partial charge in [0.1, 0.15) is 10.7 Å². The fraction of sp³-hybridized carbons (Fsp3) is 0.370. The number of carboxylic acids is 1. The molecule has 2 aromatic carbocycles. The molecule has 0 amide bonds. The van der Waals surface area contributed by atoms with E-state index in [0.29, 0.717) is 28.6 Å². The fourth-order valence-electron chi connectivity index (χ4n) is 5.55. The summed E-state index contributed by atoms with van der Waals surface area (Å²) >= 11 is 0.991. The van der Waals surface area contributed by atoms with Crippen molar-refractivity contribution in [3.8, 4) is 10.4 Å². The molecule has 0 saturated heterocycles. The normalized spacial score (nSPS) is 21.6. The van der Waals surface area contributed by atoms with Crippen LogP contribution in [0.2, 0.25) is 0 Å². The maximum Gasteiger partial charge on any atom is 0.346 e. The minimum Gasteiger partial charge on any atom is -0.477 e. The van der Waals surface area contributed by atoms with Crippen LogP contribution in [0.5, 0.6) is 0 Å². The third-order valence-electron chi connectivity index (χ3n) is 7.51. The van der Waals surface area contributed by atoms with E-state index in [1.165, 1.54) is 18.6 Å². The molecule has 0 bridgehead atoms. The number of carboxylic acid groups (broad SMARTS) is 1. The average Bonchev–Trinajstić information content (AvgIpc) is 3.23. The van der Waals surface area contributed by atoms with Crippen molar-refractivity contribution in [1.29, 1.82) is 0 Å². The van der Waals surface area contributed by atoms with E-state index in [1.54, 1.807) is 24.3 Å². The number of hydrogen-bond acceptors (Lipinski definition) is 6. The first-order valence-corrected chi connectivity index (χ1v) is 14.5. The van der Waals surface area contributed by atoms with Crippen molar-refractivity contribution in [2.75, 3.05) is 18.5 Å². The number of rotatable bonds is 4. The fourth-order valence-corrected chi connectivity index (χ4v) is 8.23. The lowest BCUT2D eigenvalue weighted by Gasteiger charge is -2.46. The molecule has 9 heteroatoms. The Bertz CT molecular complexity index is 1270. The number of benzene rings is 2. The Kier molecular flexibility index (Phi) is 6.86. The lowest BCUT2D eigenvalue weighted by Crippen LogP contribution is -2.45. The van der Waals surface area contributed by atoms with Crippen LogP contribution in [-0.2, 0) is 0 Å². The molecule has 2 aliphatic rings. The average molecular weight is 531 g/mol. The first-order chi connectivity index (χ1) is 17.2. The zero-order chi connectivity index (χ0) is 25.6. The molecule has 1 aliphatic carbocycles. The van der Waals surface area contributed by atoms with Crippen molar-refractivity contribution in [1.82, 2.24) is 4.31 Å². The molecule has 1 fully saturated rings. The SMILES string of the molecule is Cc1cc(-c2cc3c(cc2F)N(c2ccccc2)CC(C2CCCCC2)N(C)S3(O)O)sc1C(=O)O. The van der Waals surface area contributed by atoms with E-state index in [-0.39, 0.29) is 21.4 Å². The Morgan fingerprint density at radius 2 is 1.78 bits per heavy atom. The molecule has 2 heterocycles. The van der Waals surface area contributed by atoms with Gasteiger partial charge in [-0.2, -0.15) is 4.31 Å². The predicted molar refractivity (Wildman–Crippen MR) is 144 cm³/mol. The molecule has 3 N–H and O–H groups in total. The molecule has 1 aromatic heterocycles. The molecule has 1 atom stereocenters. The molecule has 1 unspecified atom stereocenters. The molecule has 192 valence electrons. The Morgan fingerprint density at radius 1 is 1.08 bits per heavy atom. The maximum atomic E-state index is 15.7. The van der Waals surface area contributed by atoms with Gasteiger partial charge in [0.2, 0.25) is 0 Å². The van der Waals surface area contributed by atoms with Crippen molar-refractivity contribution < 1.29 is 23.4 Å². The second-order valence-corrected chi connectivity index (χ2v) is 12.8. The summed E-state index contributed by atoms with van der Waals surface area (Å²) in [6.07, 6.45) is 5.48. The van der Waals surface area contributed by atoms with Crippen molar-refractivity contribution in [2.24, 2.45) is 5.92 Å². The van der Waals surface area contributed by atoms with Gasteiger partial charge < -0.3 is 10.0 Å². The molecule has 5 rings (SSSR count). The summed E-state index contributed by atoms with van der Waals surface area (Å²) in [5, 5.41) is 9.48. The molecule has 1 saturated carbocycles. The van der Waals surface area contributed by atoms with Gasteiger partial charge in [0.25, 0.3) is 0 Å². The first kappa shape index (κ1) is 25.2. The van der Waals surface area contributed by atoms with Crippen LogP contribution in [-0.4, -0.2) is 44.1 Å². The molecule has 36 heavy (non-hydrogen) atoms. The van der Waals surface area contributed by atoms with Crippen molar-refractivity contribution >= 4 is 39.5 Å². The van der Waals surface area contributed by atoms with E-state index in [2.05, 4.69) is 0 Å². The standard InChI is InChI=1S/C27H31FN2O4S2/c1-17-13-24(35-26(17)27(31)32)20-14-25-22(15-21(20)28)30(19-11-7-4-8-12-19)16-23(29(2)36(25,33)34)18-9-5-3-6-10-18/h4,7-8,11-15,18,23,33-34H,3,5-6,9-10,16H2,1-2H3,(H,31,32). The number of halogens is 1. The highest BCUT2D eigenvalue weighted by atomic mass is 32.3. The number of para-hydroxylation sites is 1. The van der Waals surface area contributed by atoms with Gasteiger partial charge in [-0.15, -0.1) is 22.1 Å². The Balaban J connectivity index is 1.69. The monoisotopic (exact) mass is 530 g/mol.